The molecule has 0 bridgehead atoms. The average molecular weight is 947 g/mol. The van der Waals surface area contributed by atoms with Gasteiger partial charge in [0.15, 0.2) is 11.6 Å². The first kappa shape index (κ1) is 43.8. The summed E-state index contributed by atoms with van der Waals surface area (Å²) in [5.41, 5.74) is 10.1. The van der Waals surface area contributed by atoms with Crippen LogP contribution in [0.2, 0.25) is 0 Å². The fourth-order valence-electron chi connectivity index (χ4n) is 12.7. The van der Waals surface area contributed by atoms with Gasteiger partial charge in [-0.1, -0.05) is 122 Å². The molecule has 8 aromatic rings. The second-order valence-corrected chi connectivity index (χ2v) is 21.3. The summed E-state index contributed by atoms with van der Waals surface area (Å²) in [6.45, 7) is 16.5. The second kappa shape index (κ2) is 15.1. The van der Waals surface area contributed by atoms with Gasteiger partial charge in [-0.25, -0.2) is 9.47 Å². The molecule has 10 heteroatoms. The summed E-state index contributed by atoms with van der Waals surface area (Å²) in [5.74, 6) is -1.80. The van der Waals surface area contributed by atoms with Gasteiger partial charge < -0.3 is 10.3 Å². The van der Waals surface area contributed by atoms with E-state index in [9.17, 15) is 19.2 Å². The SMILES string of the molecule is CC(C)c1cccc(C(C)C)c1N1C(=O)C2=CC=C3Nc4c(ccc5c4C(=O)c4ccc6c([nH]c7ccc8c(=O)n(-c9c(C(C)C)cccc9C(C)C)c(=O)c9ccc6c7c89)c4C5=O)C4C=CC(=C2C34)C1=O. The Kier molecular flexibility index (Phi) is 9.20. The molecule has 72 heavy (non-hydrogen) atoms. The monoisotopic (exact) mass is 946 g/mol. The maximum absolute atomic E-state index is 15.1. The number of aromatic amines is 1. The minimum Gasteiger partial charge on any atom is -0.357 e. The van der Waals surface area contributed by atoms with Gasteiger partial charge in [0.05, 0.1) is 33.7 Å². The number of hydrogen-bond donors (Lipinski definition) is 2. The number of amides is 2. The first-order chi connectivity index (χ1) is 34.6. The zero-order valence-electron chi connectivity index (χ0n) is 41.2. The zero-order chi connectivity index (χ0) is 50.1. The Balaban J connectivity index is 0.922. The van der Waals surface area contributed by atoms with E-state index in [1.54, 1.807) is 30.3 Å². The Hall–Kier alpha value is -8.24. The number of allylic oxidation sites excluding steroid dienone is 4. The number of rotatable bonds is 6. The molecule has 0 fully saturated rings. The van der Waals surface area contributed by atoms with Crippen LogP contribution in [0.15, 0.2) is 141 Å². The number of pyridine rings is 2. The number of nitrogens with zero attached hydrogens (tertiary/aromatic N) is 2. The summed E-state index contributed by atoms with van der Waals surface area (Å²) in [6.07, 6.45) is 7.49. The number of ketones is 2. The molecule has 6 aromatic carbocycles. The molecule has 3 aliphatic carbocycles. The number of fused-ring (bicyclic) bond motifs is 8. The highest BCUT2D eigenvalue weighted by Crippen LogP contribution is 2.55. The zero-order valence-corrected chi connectivity index (χ0v) is 41.2. The van der Waals surface area contributed by atoms with Crippen LogP contribution in [-0.4, -0.2) is 32.9 Å². The Morgan fingerprint density at radius 2 is 1.10 bits per heavy atom. The van der Waals surface area contributed by atoms with Crippen molar-refractivity contribution >= 4 is 78.1 Å². The summed E-state index contributed by atoms with van der Waals surface area (Å²) in [5, 5.41) is 7.07. The van der Waals surface area contributed by atoms with Crippen LogP contribution >= 0.6 is 0 Å². The molecular weight excluding hydrogens is 897 g/mol. The number of carbonyl (C=O) groups excluding carboxylic acids is 4. The van der Waals surface area contributed by atoms with Gasteiger partial charge in [0.25, 0.3) is 22.9 Å². The van der Waals surface area contributed by atoms with E-state index >= 15 is 9.59 Å². The first-order valence-corrected chi connectivity index (χ1v) is 25.0. The molecular formula is C62H50N4O6. The highest BCUT2D eigenvalue weighted by Gasteiger charge is 2.49. The van der Waals surface area contributed by atoms with Gasteiger partial charge in [0.1, 0.15) is 0 Å². The molecule has 10 nitrogen and oxygen atoms in total. The summed E-state index contributed by atoms with van der Waals surface area (Å²) >= 11 is 0. The van der Waals surface area contributed by atoms with Crippen molar-refractivity contribution in [3.63, 3.8) is 0 Å². The van der Waals surface area contributed by atoms with Gasteiger partial charge in [-0.15, -0.1) is 0 Å². The molecule has 2 atom stereocenters. The molecule has 0 saturated carbocycles. The van der Waals surface area contributed by atoms with Gasteiger partial charge in [-0.2, -0.15) is 0 Å². The number of para-hydroxylation sites is 2. The molecule has 0 radical (unpaired) electrons. The highest BCUT2D eigenvalue weighted by atomic mass is 16.2. The van der Waals surface area contributed by atoms with Crippen LogP contribution in [0.25, 0.3) is 49.0 Å². The molecule has 2 N–H and O–H groups in total. The maximum Gasteiger partial charge on any atom is 0.266 e. The van der Waals surface area contributed by atoms with Crippen LogP contribution in [0, 0.1) is 5.92 Å². The van der Waals surface area contributed by atoms with Crippen LogP contribution in [0.1, 0.15) is 145 Å². The molecule has 0 saturated heterocycles. The van der Waals surface area contributed by atoms with E-state index in [0.29, 0.717) is 71.7 Å². The van der Waals surface area contributed by atoms with Crippen molar-refractivity contribution in [1.29, 1.82) is 0 Å². The lowest BCUT2D eigenvalue weighted by molar-refractivity contribution is -0.123. The summed E-state index contributed by atoms with van der Waals surface area (Å²) in [4.78, 5) is 93.9. The Morgan fingerprint density at radius 1 is 0.542 bits per heavy atom. The number of nitrogens with one attached hydrogen (secondary N) is 2. The molecule has 2 unspecified atom stereocenters. The fraction of sp³-hybridized carbons (Fsp3) is 0.226. The van der Waals surface area contributed by atoms with Crippen molar-refractivity contribution in [2.75, 3.05) is 10.2 Å². The van der Waals surface area contributed by atoms with Crippen molar-refractivity contribution in [3.8, 4) is 5.69 Å². The van der Waals surface area contributed by atoms with Crippen LogP contribution in [0.4, 0.5) is 11.4 Å². The third kappa shape index (κ3) is 5.60. The lowest BCUT2D eigenvalue weighted by Crippen LogP contribution is -2.48. The highest BCUT2D eigenvalue weighted by molar-refractivity contribution is 6.36. The van der Waals surface area contributed by atoms with Crippen molar-refractivity contribution in [2.45, 2.75) is 85.0 Å². The quantitative estimate of drug-likeness (QED) is 0.0961. The normalized spacial score (nSPS) is 18.0. The van der Waals surface area contributed by atoms with Gasteiger partial charge >= 0.3 is 0 Å². The van der Waals surface area contributed by atoms with Crippen molar-refractivity contribution < 1.29 is 19.2 Å². The number of aromatic nitrogens is 2. The van der Waals surface area contributed by atoms with Gasteiger partial charge in [-0.3, -0.25) is 28.8 Å². The topological polar surface area (TPSA) is 138 Å². The van der Waals surface area contributed by atoms with Gasteiger partial charge in [0.2, 0.25) is 0 Å². The maximum atomic E-state index is 15.1. The molecule has 4 heterocycles. The predicted molar refractivity (Wildman–Crippen MR) is 285 cm³/mol. The minimum atomic E-state index is -0.389. The van der Waals surface area contributed by atoms with E-state index < -0.39 is 0 Å². The molecule has 2 aromatic heterocycles. The number of carbonyl (C=O) groups is 4. The largest absolute Gasteiger partial charge is 0.357 e. The standard InChI is InChI=1S/C62H50N4O6/c1-27(2)31-11-9-12-32(28(3)4)55(31)65-59(69)41-21-15-35-37-17-19-39-51(53(37)63-45-25-23-43(61(65)71)47(41)49(35)45)57(67)40-20-18-38-36-16-22-42-48-44(24-26-46(50(36)48)64-54(38)52(40)58(39)68)62(72)66(60(42)70)56-33(29(5)6)13-10-14-34(56)30(7)8/h9-30,35,49,63-64H,1-8H3. The third-order valence-corrected chi connectivity index (χ3v) is 16.1. The average Bonchev–Trinajstić information content (AvgIpc) is 3.36. The molecule has 0 spiro atoms. The van der Waals surface area contributed by atoms with Crippen LogP contribution in [0.3, 0.4) is 0 Å². The van der Waals surface area contributed by atoms with E-state index in [2.05, 4.69) is 65.7 Å². The Labute approximate surface area is 414 Å². The molecule has 13 rings (SSSR count). The van der Waals surface area contributed by atoms with E-state index in [-0.39, 0.29) is 92.3 Å². The van der Waals surface area contributed by atoms with Crippen LogP contribution < -0.4 is 21.3 Å². The van der Waals surface area contributed by atoms with Crippen molar-refractivity contribution in [2.24, 2.45) is 5.92 Å². The number of benzene rings is 6. The fourth-order valence-corrected chi connectivity index (χ4v) is 12.7. The molecule has 2 aliphatic heterocycles. The summed E-state index contributed by atoms with van der Waals surface area (Å²) in [7, 11) is 0. The van der Waals surface area contributed by atoms with Crippen molar-refractivity contribution in [3.05, 3.63) is 202 Å². The Bertz CT molecular complexity index is 4080. The third-order valence-electron chi connectivity index (χ3n) is 16.1. The molecule has 354 valence electrons. The number of H-pyrrole nitrogens is 1. The number of imide groups is 1. The van der Waals surface area contributed by atoms with Crippen molar-refractivity contribution in [1.82, 2.24) is 9.55 Å². The van der Waals surface area contributed by atoms with E-state index in [1.165, 1.54) is 9.47 Å². The van der Waals surface area contributed by atoms with E-state index in [4.69, 9.17) is 0 Å². The smallest absolute Gasteiger partial charge is 0.266 e. The predicted octanol–water partition coefficient (Wildman–Crippen LogP) is 12.2. The molecule has 2 amide bonds. The number of hydrogen-bond acceptors (Lipinski definition) is 7. The minimum absolute atomic E-state index is 0.0616. The lowest BCUT2D eigenvalue weighted by atomic mass is 9.65. The number of anilines is 2. The van der Waals surface area contributed by atoms with Gasteiger partial charge in [0, 0.05) is 72.3 Å². The van der Waals surface area contributed by atoms with Crippen LogP contribution in [0.5, 0.6) is 0 Å². The van der Waals surface area contributed by atoms with E-state index in [0.717, 1.165) is 38.9 Å². The summed E-state index contributed by atoms with van der Waals surface area (Å²) < 4.78 is 1.36. The first-order valence-electron chi connectivity index (χ1n) is 25.0. The summed E-state index contributed by atoms with van der Waals surface area (Å²) in [6, 6.07) is 26.4. The second-order valence-electron chi connectivity index (χ2n) is 21.3. The lowest BCUT2D eigenvalue weighted by Gasteiger charge is -2.45. The molecule has 5 aliphatic rings. The Morgan fingerprint density at radius 3 is 1.74 bits per heavy atom. The van der Waals surface area contributed by atoms with Gasteiger partial charge in [-0.05, 0) is 105 Å². The van der Waals surface area contributed by atoms with E-state index in [1.807, 2.05) is 78.9 Å². The van der Waals surface area contributed by atoms with Crippen LogP contribution in [-0.2, 0) is 9.59 Å².